The van der Waals surface area contributed by atoms with Crippen LogP contribution in [-0.4, -0.2) is 56.9 Å². The van der Waals surface area contributed by atoms with E-state index >= 15 is 0 Å². The third-order valence-corrected chi connectivity index (χ3v) is 6.50. The molecule has 0 N–H and O–H groups in total. The van der Waals surface area contributed by atoms with Gasteiger partial charge < -0.3 is 9.64 Å². The Bertz CT molecular complexity index is 1100. The zero-order valence-electron chi connectivity index (χ0n) is 18.6. The molecule has 0 radical (unpaired) electrons. The van der Waals surface area contributed by atoms with Gasteiger partial charge in [-0.1, -0.05) is 53.7 Å². The van der Waals surface area contributed by atoms with Crippen molar-refractivity contribution in [2.24, 2.45) is 0 Å². The first kappa shape index (κ1) is 21.7. The smallest absolute Gasteiger partial charge is 0.222 e. The number of amides is 1. The number of ether oxygens (including phenoxy) is 1. The van der Waals surface area contributed by atoms with Crippen LogP contribution in [0, 0.1) is 5.82 Å². The first-order valence-electron chi connectivity index (χ1n) is 11.5. The van der Waals surface area contributed by atoms with Crippen molar-refractivity contribution >= 4 is 5.91 Å². The van der Waals surface area contributed by atoms with Gasteiger partial charge in [-0.05, 0) is 18.1 Å². The molecule has 7 nitrogen and oxygen atoms in total. The number of hydrogen-bond acceptors (Lipinski definition) is 5. The van der Waals surface area contributed by atoms with Crippen LogP contribution in [0.1, 0.15) is 35.0 Å². The Labute approximate surface area is 192 Å². The van der Waals surface area contributed by atoms with Gasteiger partial charge in [0.25, 0.3) is 0 Å². The number of hydrogen-bond donors (Lipinski definition) is 0. The normalized spacial score (nSPS) is 18.8. The maximum atomic E-state index is 14.1. The van der Waals surface area contributed by atoms with Crippen LogP contribution in [0.3, 0.4) is 0 Å². The second kappa shape index (κ2) is 9.80. The van der Waals surface area contributed by atoms with E-state index in [4.69, 9.17) is 4.74 Å². The summed E-state index contributed by atoms with van der Waals surface area (Å²) >= 11 is 0. The summed E-state index contributed by atoms with van der Waals surface area (Å²) in [4.78, 5) is 16.9. The van der Waals surface area contributed by atoms with Gasteiger partial charge in [0.15, 0.2) is 0 Å². The molecule has 1 fully saturated rings. The third kappa shape index (κ3) is 4.96. The van der Waals surface area contributed by atoms with E-state index in [2.05, 4.69) is 27.3 Å². The van der Waals surface area contributed by atoms with Gasteiger partial charge in [0.1, 0.15) is 17.6 Å². The molecule has 1 atom stereocenters. The fourth-order valence-electron chi connectivity index (χ4n) is 4.53. The number of carbonyl (C=O) groups is 1. The molecule has 2 aliphatic rings. The van der Waals surface area contributed by atoms with Crippen molar-refractivity contribution in [2.75, 3.05) is 26.2 Å². The van der Waals surface area contributed by atoms with Gasteiger partial charge in [0, 0.05) is 44.7 Å². The van der Waals surface area contributed by atoms with Gasteiger partial charge in [-0.2, -0.15) is 0 Å². The third-order valence-electron chi connectivity index (χ3n) is 6.50. The minimum atomic E-state index is -0.362. The molecule has 3 heterocycles. The minimum Gasteiger partial charge on any atom is -0.365 e. The van der Waals surface area contributed by atoms with Crippen LogP contribution in [-0.2, 0) is 35.6 Å². The fraction of sp³-hybridized carbons (Fsp3) is 0.400. The molecular weight excluding hydrogens is 421 g/mol. The first-order chi connectivity index (χ1) is 16.2. The lowest BCUT2D eigenvalue weighted by molar-refractivity contribution is -0.133. The molecule has 1 saturated heterocycles. The summed E-state index contributed by atoms with van der Waals surface area (Å²) in [6, 6.07) is 16.8. The van der Waals surface area contributed by atoms with Crippen molar-refractivity contribution in [1.82, 2.24) is 24.8 Å². The lowest BCUT2D eigenvalue weighted by Gasteiger charge is -2.34. The van der Waals surface area contributed by atoms with Gasteiger partial charge >= 0.3 is 0 Å². The Morgan fingerprint density at radius 2 is 1.79 bits per heavy atom. The number of fused-ring (bicyclic) bond motifs is 1. The molecule has 0 aliphatic carbocycles. The van der Waals surface area contributed by atoms with Crippen molar-refractivity contribution in [3.63, 3.8) is 0 Å². The van der Waals surface area contributed by atoms with Gasteiger partial charge in [0.05, 0.1) is 18.8 Å². The van der Waals surface area contributed by atoms with Crippen molar-refractivity contribution in [3.8, 4) is 0 Å². The number of benzene rings is 2. The largest absolute Gasteiger partial charge is 0.365 e. The van der Waals surface area contributed by atoms with E-state index in [0.717, 1.165) is 44.0 Å². The van der Waals surface area contributed by atoms with E-state index in [1.54, 1.807) is 12.1 Å². The summed E-state index contributed by atoms with van der Waals surface area (Å²) in [6.07, 6.45) is 0.960. The summed E-state index contributed by atoms with van der Waals surface area (Å²) in [5.41, 5.74) is 3.59. The highest BCUT2D eigenvalue weighted by Crippen LogP contribution is 2.28. The number of aromatic nitrogens is 3. The number of halogens is 1. The lowest BCUT2D eigenvalue weighted by Crippen LogP contribution is -2.48. The molecule has 172 valence electrons. The lowest BCUT2D eigenvalue weighted by atomic mass is 10.1. The Kier molecular flexibility index (Phi) is 6.46. The Morgan fingerprint density at radius 1 is 1.03 bits per heavy atom. The van der Waals surface area contributed by atoms with Crippen molar-refractivity contribution in [2.45, 2.75) is 38.6 Å². The molecular formula is C25H28FN5O2. The topological polar surface area (TPSA) is 63.5 Å². The molecule has 0 unspecified atom stereocenters. The van der Waals surface area contributed by atoms with Crippen LogP contribution in [0.4, 0.5) is 4.39 Å². The fourth-order valence-corrected chi connectivity index (χ4v) is 4.53. The van der Waals surface area contributed by atoms with Crippen LogP contribution >= 0.6 is 0 Å². The highest BCUT2D eigenvalue weighted by Gasteiger charge is 2.28. The zero-order valence-corrected chi connectivity index (χ0v) is 18.6. The Morgan fingerprint density at radius 3 is 2.58 bits per heavy atom. The quantitative estimate of drug-likeness (QED) is 0.579. The molecule has 1 aromatic heterocycles. The second-order valence-electron chi connectivity index (χ2n) is 8.63. The summed E-state index contributed by atoms with van der Waals surface area (Å²) in [5.74, 6) is -0.0467. The molecule has 3 aromatic rings. The summed E-state index contributed by atoms with van der Waals surface area (Å²) in [6.45, 7) is 4.55. The average Bonchev–Trinajstić information content (AvgIpc) is 3.26. The van der Waals surface area contributed by atoms with Crippen molar-refractivity contribution in [1.29, 1.82) is 0 Å². The predicted octanol–water partition coefficient (Wildman–Crippen LogP) is 2.97. The van der Waals surface area contributed by atoms with Crippen LogP contribution in [0.5, 0.6) is 0 Å². The van der Waals surface area contributed by atoms with Gasteiger partial charge in [-0.25, -0.2) is 9.07 Å². The van der Waals surface area contributed by atoms with Crippen LogP contribution in [0.15, 0.2) is 54.6 Å². The maximum absolute atomic E-state index is 14.1. The molecule has 0 saturated carbocycles. The van der Waals surface area contributed by atoms with Crippen LogP contribution in [0.2, 0.25) is 0 Å². The molecule has 1 amide bonds. The van der Waals surface area contributed by atoms with E-state index in [-0.39, 0.29) is 17.8 Å². The average molecular weight is 450 g/mol. The summed E-state index contributed by atoms with van der Waals surface area (Å²) in [7, 11) is 0. The maximum Gasteiger partial charge on any atom is 0.222 e. The zero-order chi connectivity index (χ0) is 22.6. The molecule has 0 bridgehead atoms. The molecule has 8 heteroatoms. The van der Waals surface area contributed by atoms with Gasteiger partial charge in [-0.15, -0.1) is 5.10 Å². The van der Waals surface area contributed by atoms with Crippen molar-refractivity contribution < 1.29 is 13.9 Å². The van der Waals surface area contributed by atoms with E-state index in [1.807, 2.05) is 33.8 Å². The highest BCUT2D eigenvalue weighted by atomic mass is 19.1. The standard InChI is InChI=1S/C25H28FN5O2/c26-21-9-5-4-8-20(21)24-17-31-23(18-33-24)22(27-28-31)16-29-12-14-30(15-13-29)25(32)11-10-19-6-2-1-3-7-19/h1-9,24H,10-18H2/t24-/m1/s1. The van der Waals surface area contributed by atoms with E-state index in [1.165, 1.54) is 11.6 Å². The highest BCUT2D eigenvalue weighted by molar-refractivity contribution is 5.76. The minimum absolute atomic E-state index is 0.215. The summed E-state index contributed by atoms with van der Waals surface area (Å²) in [5, 5.41) is 8.67. The molecule has 2 aliphatic heterocycles. The van der Waals surface area contributed by atoms with E-state index in [0.29, 0.717) is 31.7 Å². The number of aryl methyl sites for hydroxylation is 1. The first-order valence-corrected chi connectivity index (χ1v) is 11.5. The monoisotopic (exact) mass is 449 g/mol. The van der Waals surface area contributed by atoms with Crippen LogP contribution in [0.25, 0.3) is 0 Å². The summed E-state index contributed by atoms with van der Waals surface area (Å²) < 4.78 is 21.9. The second-order valence-corrected chi connectivity index (χ2v) is 8.63. The molecule has 0 spiro atoms. The van der Waals surface area contributed by atoms with Crippen molar-refractivity contribution in [3.05, 3.63) is 82.9 Å². The van der Waals surface area contributed by atoms with Crippen LogP contribution < -0.4 is 0 Å². The van der Waals surface area contributed by atoms with Gasteiger partial charge in [-0.3, -0.25) is 9.69 Å². The Balaban J connectivity index is 1.13. The number of carbonyl (C=O) groups excluding carboxylic acids is 1. The van der Waals surface area contributed by atoms with E-state index in [9.17, 15) is 9.18 Å². The van der Waals surface area contributed by atoms with Gasteiger partial charge in [0.2, 0.25) is 5.91 Å². The molecule has 33 heavy (non-hydrogen) atoms. The number of nitrogens with zero attached hydrogens (tertiary/aromatic N) is 5. The SMILES string of the molecule is O=C(CCc1ccccc1)N1CCN(Cc2nnn3c2CO[C@@H](c2ccccc2F)C3)CC1. The van der Waals surface area contributed by atoms with E-state index < -0.39 is 0 Å². The Hall–Kier alpha value is -3.10. The predicted molar refractivity (Wildman–Crippen MR) is 121 cm³/mol. The molecule has 5 rings (SSSR count). The number of piperazine rings is 1. The number of rotatable bonds is 6. The molecule has 2 aromatic carbocycles.